The molecule has 3 heterocycles. The van der Waals surface area contributed by atoms with Crippen molar-refractivity contribution >= 4 is 51.7 Å². The number of hydrogen-bond acceptors (Lipinski definition) is 7. The van der Waals surface area contributed by atoms with E-state index in [4.69, 9.17) is 14.2 Å². The van der Waals surface area contributed by atoms with Gasteiger partial charge in [0.2, 0.25) is 11.8 Å². The zero-order valence-electron chi connectivity index (χ0n) is 24.0. The van der Waals surface area contributed by atoms with Crippen molar-refractivity contribution in [1.29, 1.82) is 0 Å². The van der Waals surface area contributed by atoms with Crippen molar-refractivity contribution in [2.24, 2.45) is 17.8 Å². The van der Waals surface area contributed by atoms with Gasteiger partial charge in [0.15, 0.2) is 11.5 Å². The first-order chi connectivity index (χ1) is 20.9. The summed E-state index contributed by atoms with van der Waals surface area (Å²) in [5.41, 5.74) is 5.54. The number of rotatable bonds is 9. The molecule has 0 spiro atoms. The molecule has 2 fully saturated rings. The number of phenols is 1. The SMILES string of the molecule is COCC1=C2[C@@H](CC/C(=C/c3cc(I)c(O)c(OC)c3)c3ccccn3)OC[C@@H]2[C@@H]2C(=O)N(c3ccccc3)C(=O)[C@@H]2C1. The maximum atomic E-state index is 13.8. The summed E-state index contributed by atoms with van der Waals surface area (Å²) in [4.78, 5) is 33.3. The van der Waals surface area contributed by atoms with Crippen molar-refractivity contribution in [3.8, 4) is 11.5 Å². The van der Waals surface area contributed by atoms with Crippen LogP contribution >= 0.6 is 22.6 Å². The summed E-state index contributed by atoms with van der Waals surface area (Å²) >= 11 is 2.10. The number of aromatic nitrogens is 1. The van der Waals surface area contributed by atoms with Gasteiger partial charge in [0.25, 0.3) is 0 Å². The molecule has 1 N–H and O–H groups in total. The lowest BCUT2D eigenvalue weighted by molar-refractivity contribution is -0.122. The number of imide groups is 1. The van der Waals surface area contributed by atoms with Gasteiger partial charge in [0, 0.05) is 19.2 Å². The van der Waals surface area contributed by atoms with Gasteiger partial charge in [-0.1, -0.05) is 24.3 Å². The molecule has 2 aliphatic heterocycles. The van der Waals surface area contributed by atoms with Crippen LogP contribution in [0.1, 0.15) is 30.5 Å². The number of nitrogens with zero attached hydrogens (tertiary/aromatic N) is 2. The third kappa shape index (κ3) is 5.61. The van der Waals surface area contributed by atoms with Crippen LogP contribution in [0.5, 0.6) is 11.5 Å². The van der Waals surface area contributed by atoms with E-state index < -0.39 is 11.8 Å². The van der Waals surface area contributed by atoms with Crippen LogP contribution < -0.4 is 9.64 Å². The van der Waals surface area contributed by atoms with E-state index in [1.165, 1.54) is 12.0 Å². The van der Waals surface area contributed by atoms with Crippen molar-refractivity contribution in [2.75, 3.05) is 32.3 Å². The Hall–Kier alpha value is -3.54. The first-order valence-corrected chi connectivity index (χ1v) is 15.4. The molecule has 4 atom stereocenters. The van der Waals surface area contributed by atoms with Gasteiger partial charge in [0.05, 0.1) is 53.2 Å². The molecule has 6 rings (SSSR count). The number of allylic oxidation sites excluding steroid dienone is 1. The number of aromatic hydroxyl groups is 1. The first kappa shape index (κ1) is 29.5. The lowest BCUT2D eigenvalue weighted by Crippen LogP contribution is -2.35. The smallest absolute Gasteiger partial charge is 0.238 e. The fourth-order valence-corrected chi connectivity index (χ4v) is 7.38. The highest BCUT2D eigenvalue weighted by molar-refractivity contribution is 14.1. The Balaban J connectivity index is 1.29. The summed E-state index contributed by atoms with van der Waals surface area (Å²) in [7, 11) is 3.19. The molecule has 1 aliphatic carbocycles. The maximum Gasteiger partial charge on any atom is 0.238 e. The third-order valence-corrected chi connectivity index (χ3v) is 9.44. The van der Waals surface area contributed by atoms with Crippen molar-refractivity contribution in [3.05, 3.63) is 92.8 Å². The maximum absolute atomic E-state index is 13.8. The number of phenolic OH excluding ortho intramolecular Hbond substituents is 1. The number of para-hydroxylation sites is 1. The highest BCUT2D eigenvalue weighted by atomic mass is 127. The molecule has 3 aliphatic rings. The molecule has 8 nitrogen and oxygen atoms in total. The first-order valence-electron chi connectivity index (χ1n) is 14.3. The van der Waals surface area contributed by atoms with E-state index in [2.05, 4.69) is 33.7 Å². The number of pyridine rings is 1. The molecule has 2 aromatic carbocycles. The quantitative estimate of drug-likeness (QED) is 0.170. The monoisotopic (exact) mass is 692 g/mol. The van der Waals surface area contributed by atoms with E-state index in [1.807, 2.05) is 60.7 Å². The Bertz CT molecular complexity index is 1590. The number of carbonyl (C=O) groups excluding carboxylic acids is 2. The number of anilines is 1. The minimum absolute atomic E-state index is 0.115. The topological polar surface area (TPSA) is 98.2 Å². The lowest BCUT2D eigenvalue weighted by Gasteiger charge is -2.31. The standard InChI is InChI=1S/C34H33IN2O6/c1-41-18-22-17-24-31(34(40)37(33(24)39)23-8-4-3-5-9-23)25-19-43-28(30(22)25)12-11-21(27-10-6-7-13-36-27)14-20-15-26(35)32(38)29(16-20)42-2/h3-10,13-16,24-25,28,31,38H,11-12,17-19H2,1-2H3/b21-14-/t24-,25+,28-,31-/m1/s1. The van der Waals surface area contributed by atoms with Crippen LogP contribution in [0, 0.1) is 21.3 Å². The van der Waals surface area contributed by atoms with Gasteiger partial charge in [-0.05, 0) is 107 Å². The van der Waals surface area contributed by atoms with Gasteiger partial charge in [-0.2, -0.15) is 0 Å². The molecule has 9 heteroatoms. The highest BCUT2D eigenvalue weighted by Gasteiger charge is 2.57. The number of amides is 2. The van der Waals surface area contributed by atoms with Crippen LogP contribution in [0.3, 0.4) is 0 Å². The van der Waals surface area contributed by atoms with Crippen molar-refractivity contribution in [1.82, 2.24) is 4.98 Å². The van der Waals surface area contributed by atoms with Crippen LogP contribution in [0.4, 0.5) is 5.69 Å². The molecule has 1 aromatic heterocycles. The van der Waals surface area contributed by atoms with E-state index in [0.717, 1.165) is 28.0 Å². The summed E-state index contributed by atoms with van der Waals surface area (Å²) in [5, 5.41) is 10.3. The third-order valence-electron chi connectivity index (χ3n) is 8.62. The fourth-order valence-electron chi connectivity index (χ4n) is 6.76. The second-order valence-electron chi connectivity index (χ2n) is 11.1. The van der Waals surface area contributed by atoms with Crippen LogP contribution in [0.25, 0.3) is 11.6 Å². The zero-order chi connectivity index (χ0) is 30.1. The van der Waals surface area contributed by atoms with Crippen LogP contribution in [-0.4, -0.2) is 55.4 Å². The summed E-state index contributed by atoms with van der Waals surface area (Å²) in [6.45, 7) is 0.794. The minimum atomic E-state index is -0.439. The molecule has 222 valence electrons. The van der Waals surface area contributed by atoms with Gasteiger partial charge < -0.3 is 19.3 Å². The second-order valence-corrected chi connectivity index (χ2v) is 12.2. The van der Waals surface area contributed by atoms with Crippen LogP contribution in [-0.2, 0) is 19.1 Å². The highest BCUT2D eigenvalue weighted by Crippen LogP contribution is 2.50. The summed E-state index contributed by atoms with van der Waals surface area (Å²) in [5.74, 6) is -0.776. The van der Waals surface area contributed by atoms with E-state index in [-0.39, 0.29) is 29.6 Å². The predicted molar refractivity (Wildman–Crippen MR) is 171 cm³/mol. The average molecular weight is 693 g/mol. The number of carbonyl (C=O) groups is 2. The Kier molecular flexibility index (Phi) is 8.65. The van der Waals surface area contributed by atoms with E-state index in [9.17, 15) is 14.7 Å². The van der Waals surface area contributed by atoms with Crippen molar-refractivity contribution < 1.29 is 28.9 Å². The van der Waals surface area contributed by atoms with E-state index >= 15 is 0 Å². The summed E-state index contributed by atoms with van der Waals surface area (Å²) < 4.78 is 18.1. The predicted octanol–water partition coefficient (Wildman–Crippen LogP) is 5.89. The molecular formula is C34H33IN2O6. The Morgan fingerprint density at radius 2 is 1.88 bits per heavy atom. The minimum Gasteiger partial charge on any atom is -0.504 e. The molecule has 2 amide bonds. The van der Waals surface area contributed by atoms with Gasteiger partial charge in [0.1, 0.15) is 0 Å². The molecule has 3 aromatic rings. The molecule has 0 saturated carbocycles. The van der Waals surface area contributed by atoms with Crippen molar-refractivity contribution in [2.45, 2.75) is 25.4 Å². The number of benzene rings is 2. The number of hydrogen-bond donors (Lipinski definition) is 1. The number of halogens is 1. The van der Waals surface area contributed by atoms with E-state index in [0.29, 0.717) is 47.5 Å². The zero-order valence-corrected chi connectivity index (χ0v) is 26.2. The Morgan fingerprint density at radius 1 is 1.09 bits per heavy atom. The molecule has 43 heavy (non-hydrogen) atoms. The van der Waals surface area contributed by atoms with Gasteiger partial charge in [-0.15, -0.1) is 0 Å². The van der Waals surface area contributed by atoms with E-state index in [1.54, 1.807) is 13.3 Å². The molecule has 0 radical (unpaired) electrons. The molecule has 0 unspecified atom stereocenters. The fraction of sp³-hybridized carbons (Fsp3) is 0.324. The van der Waals surface area contributed by atoms with Gasteiger partial charge in [-0.3, -0.25) is 19.5 Å². The average Bonchev–Trinajstić information content (AvgIpc) is 3.56. The van der Waals surface area contributed by atoms with Crippen molar-refractivity contribution in [3.63, 3.8) is 0 Å². The molecular weight excluding hydrogens is 659 g/mol. The van der Waals surface area contributed by atoms with Crippen LogP contribution in [0.2, 0.25) is 0 Å². The Labute approximate surface area is 264 Å². The Morgan fingerprint density at radius 3 is 2.60 bits per heavy atom. The van der Waals surface area contributed by atoms with Gasteiger partial charge in [-0.25, -0.2) is 0 Å². The second kappa shape index (κ2) is 12.6. The largest absolute Gasteiger partial charge is 0.504 e. The van der Waals surface area contributed by atoms with Gasteiger partial charge >= 0.3 is 0 Å². The molecule has 2 saturated heterocycles. The number of methoxy groups -OCH3 is 2. The lowest BCUT2D eigenvalue weighted by atomic mass is 9.69. The number of fused-ring (bicyclic) bond motifs is 3. The molecule has 0 bridgehead atoms. The normalized spacial score (nSPS) is 23.5. The summed E-state index contributed by atoms with van der Waals surface area (Å²) in [6, 6.07) is 18.7. The summed E-state index contributed by atoms with van der Waals surface area (Å²) in [6.07, 6.45) is 5.47. The van der Waals surface area contributed by atoms with Crippen LogP contribution in [0.15, 0.2) is 78.0 Å². The number of ether oxygens (including phenoxy) is 3.